The molecule has 0 radical (unpaired) electrons. The van der Waals surface area contributed by atoms with Crippen LogP contribution in [-0.2, 0) is 19.1 Å². The maximum Gasteiger partial charge on any atom is 0.313 e. The van der Waals surface area contributed by atoms with E-state index in [1.807, 2.05) is 67.6 Å². The molecule has 2 aliphatic rings. The third-order valence-electron chi connectivity index (χ3n) is 5.59. The van der Waals surface area contributed by atoms with Gasteiger partial charge < -0.3 is 9.47 Å². The van der Waals surface area contributed by atoms with Crippen LogP contribution in [0.1, 0.15) is 42.7 Å². The molecule has 0 bridgehead atoms. The second-order valence-corrected chi connectivity index (χ2v) is 7.18. The van der Waals surface area contributed by atoms with Crippen LogP contribution >= 0.6 is 0 Å². The monoisotopic (exact) mass is 350 g/mol. The van der Waals surface area contributed by atoms with Gasteiger partial charge in [-0.25, -0.2) is 0 Å². The molecular formula is C22H22O4. The molecule has 5 atom stereocenters. The SMILES string of the molecule is C[C@@H](C(=O)O[C@@H]1C[C@@H]2OC(=O)CC2[C@H]1c1ccccc1)c1ccccc1. The molecule has 0 amide bonds. The highest BCUT2D eigenvalue weighted by Gasteiger charge is 2.52. The quantitative estimate of drug-likeness (QED) is 0.787. The number of hydrogen-bond donors (Lipinski definition) is 0. The van der Waals surface area contributed by atoms with Crippen LogP contribution in [0.4, 0.5) is 0 Å². The molecule has 0 aromatic heterocycles. The molecule has 2 fully saturated rings. The maximum absolute atomic E-state index is 12.7. The Morgan fingerprint density at radius 2 is 1.73 bits per heavy atom. The van der Waals surface area contributed by atoms with Crippen molar-refractivity contribution in [1.29, 1.82) is 0 Å². The van der Waals surface area contributed by atoms with Gasteiger partial charge in [0.05, 0.1) is 12.3 Å². The number of benzene rings is 2. The van der Waals surface area contributed by atoms with Crippen molar-refractivity contribution in [1.82, 2.24) is 0 Å². The smallest absolute Gasteiger partial charge is 0.313 e. The van der Waals surface area contributed by atoms with Crippen LogP contribution in [0.15, 0.2) is 60.7 Å². The summed E-state index contributed by atoms with van der Waals surface area (Å²) >= 11 is 0. The highest BCUT2D eigenvalue weighted by atomic mass is 16.6. The first-order valence-electron chi connectivity index (χ1n) is 9.13. The van der Waals surface area contributed by atoms with Gasteiger partial charge in [0.25, 0.3) is 0 Å². The molecule has 1 heterocycles. The van der Waals surface area contributed by atoms with Crippen molar-refractivity contribution in [2.75, 3.05) is 0 Å². The number of fused-ring (bicyclic) bond motifs is 1. The number of esters is 2. The van der Waals surface area contributed by atoms with Gasteiger partial charge in [-0.3, -0.25) is 9.59 Å². The fourth-order valence-electron chi connectivity index (χ4n) is 4.25. The van der Waals surface area contributed by atoms with E-state index < -0.39 is 0 Å². The molecule has 4 heteroatoms. The Balaban J connectivity index is 1.55. The lowest BCUT2D eigenvalue weighted by molar-refractivity contribution is -0.152. The fraction of sp³-hybridized carbons (Fsp3) is 0.364. The number of ether oxygens (including phenoxy) is 2. The third kappa shape index (κ3) is 3.12. The van der Waals surface area contributed by atoms with Crippen molar-refractivity contribution in [3.63, 3.8) is 0 Å². The van der Waals surface area contributed by atoms with Gasteiger partial charge in [0.1, 0.15) is 12.2 Å². The van der Waals surface area contributed by atoms with Crippen LogP contribution in [0.3, 0.4) is 0 Å². The first-order chi connectivity index (χ1) is 12.6. The van der Waals surface area contributed by atoms with Gasteiger partial charge in [-0.05, 0) is 18.1 Å². The Morgan fingerprint density at radius 3 is 2.42 bits per heavy atom. The van der Waals surface area contributed by atoms with E-state index in [1.165, 1.54) is 0 Å². The zero-order chi connectivity index (χ0) is 18.1. The largest absolute Gasteiger partial charge is 0.462 e. The number of rotatable bonds is 4. The average molecular weight is 350 g/mol. The van der Waals surface area contributed by atoms with Gasteiger partial charge in [-0.15, -0.1) is 0 Å². The summed E-state index contributed by atoms with van der Waals surface area (Å²) in [5.41, 5.74) is 2.04. The molecule has 4 nitrogen and oxygen atoms in total. The summed E-state index contributed by atoms with van der Waals surface area (Å²) in [6, 6.07) is 19.6. The van der Waals surface area contributed by atoms with E-state index in [0.29, 0.717) is 12.8 Å². The average Bonchev–Trinajstić information content (AvgIpc) is 3.17. The lowest BCUT2D eigenvalue weighted by Crippen LogP contribution is -2.26. The Morgan fingerprint density at radius 1 is 1.08 bits per heavy atom. The van der Waals surface area contributed by atoms with E-state index in [9.17, 15) is 9.59 Å². The van der Waals surface area contributed by atoms with Gasteiger partial charge in [0.2, 0.25) is 0 Å². The molecule has 2 aromatic carbocycles. The lowest BCUT2D eigenvalue weighted by Gasteiger charge is -2.25. The predicted octanol–water partition coefficient (Wildman–Crippen LogP) is 3.82. The van der Waals surface area contributed by atoms with Crippen LogP contribution in [0, 0.1) is 5.92 Å². The molecule has 0 spiro atoms. The summed E-state index contributed by atoms with van der Waals surface area (Å²) in [4.78, 5) is 24.5. The number of carbonyl (C=O) groups is 2. The molecule has 1 saturated heterocycles. The van der Waals surface area contributed by atoms with Crippen molar-refractivity contribution in [3.8, 4) is 0 Å². The van der Waals surface area contributed by atoms with E-state index in [1.54, 1.807) is 0 Å². The van der Waals surface area contributed by atoms with E-state index in [2.05, 4.69) is 0 Å². The Kier molecular flexibility index (Phi) is 4.49. The molecule has 0 N–H and O–H groups in total. The Bertz CT molecular complexity index is 786. The molecule has 1 aliphatic carbocycles. The van der Waals surface area contributed by atoms with E-state index in [0.717, 1.165) is 11.1 Å². The number of carbonyl (C=O) groups excluding carboxylic acids is 2. The summed E-state index contributed by atoms with van der Waals surface area (Å²) in [6.07, 6.45) is 0.548. The van der Waals surface area contributed by atoms with Crippen LogP contribution < -0.4 is 0 Å². The predicted molar refractivity (Wildman–Crippen MR) is 96.5 cm³/mol. The van der Waals surface area contributed by atoms with Crippen LogP contribution in [0.25, 0.3) is 0 Å². The molecule has 2 aromatic rings. The van der Waals surface area contributed by atoms with Crippen molar-refractivity contribution < 1.29 is 19.1 Å². The van der Waals surface area contributed by atoms with E-state index in [-0.39, 0.29) is 41.9 Å². The highest BCUT2D eigenvalue weighted by molar-refractivity contribution is 5.78. The summed E-state index contributed by atoms with van der Waals surface area (Å²) in [5, 5.41) is 0. The van der Waals surface area contributed by atoms with E-state index in [4.69, 9.17) is 9.47 Å². The first kappa shape index (κ1) is 16.8. The van der Waals surface area contributed by atoms with Crippen molar-refractivity contribution in [2.45, 2.75) is 43.8 Å². The van der Waals surface area contributed by atoms with E-state index >= 15 is 0 Å². The lowest BCUT2D eigenvalue weighted by atomic mass is 9.86. The number of hydrogen-bond acceptors (Lipinski definition) is 4. The van der Waals surface area contributed by atoms with Gasteiger partial charge in [-0.2, -0.15) is 0 Å². The van der Waals surface area contributed by atoms with Crippen LogP contribution in [0.2, 0.25) is 0 Å². The van der Waals surface area contributed by atoms with Gasteiger partial charge in [0, 0.05) is 18.3 Å². The molecule has 1 unspecified atom stereocenters. The first-order valence-corrected chi connectivity index (χ1v) is 9.13. The summed E-state index contributed by atoms with van der Waals surface area (Å²) in [6.45, 7) is 1.87. The second kappa shape index (κ2) is 6.94. The molecule has 26 heavy (non-hydrogen) atoms. The zero-order valence-electron chi connectivity index (χ0n) is 14.7. The third-order valence-corrected chi connectivity index (χ3v) is 5.59. The van der Waals surface area contributed by atoms with Crippen molar-refractivity contribution in [3.05, 3.63) is 71.8 Å². The minimum atomic E-state index is -0.324. The summed E-state index contributed by atoms with van der Waals surface area (Å²) < 4.78 is 11.4. The second-order valence-electron chi connectivity index (χ2n) is 7.18. The van der Waals surface area contributed by atoms with Gasteiger partial charge >= 0.3 is 11.9 Å². The minimum absolute atomic E-state index is 0.000395. The molecule has 134 valence electrons. The molecule has 4 rings (SSSR count). The maximum atomic E-state index is 12.7. The van der Waals surface area contributed by atoms with Gasteiger partial charge in [-0.1, -0.05) is 60.7 Å². The standard InChI is InChI=1S/C22H22O4/c1-14(15-8-4-2-5-9-15)22(24)26-19-13-18-17(12-20(23)25-18)21(19)16-10-6-3-7-11-16/h2-11,14,17-19,21H,12-13H2,1H3/t14-,17?,18+,19-,21-/m1/s1. The van der Waals surface area contributed by atoms with Crippen molar-refractivity contribution >= 4 is 11.9 Å². The zero-order valence-corrected chi connectivity index (χ0v) is 14.7. The summed E-state index contributed by atoms with van der Waals surface area (Å²) in [5.74, 6) is -0.623. The van der Waals surface area contributed by atoms with Crippen molar-refractivity contribution in [2.24, 2.45) is 5.92 Å². The molecule has 1 aliphatic heterocycles. The molecular weight excluding hydrogens is 328 g/mol. The topological polar surface area (TPSA) is 52.6 Å². The van der Waals surface area contributed by atoms with Crippen LogP contribution in [0.5, 0.6) is 0 Å². The Labute approximate surface area is 153 Å². The molecule has 1 saturated carbocycles. The van der Waals surface area contributed by atoms with Crippen LogP contribution in [-0.4, -0.2) is 24.1 Å². The summed E-state index contributed by atoms with van der Waals surface area (Å²) in [7, 11) is 0. The Hall–Kier alpha value is -2.62. The highest BCUT2D eigenvalue weighted by Crippen LogP contribution is 2.48. The minimum Gasteiger partial charge on any atom is -0.462 e. The fourth-order valence-corrected chi connectivity index (χ4v) is 4.25. The normalized spacial score (nSPS) is 28.3. The van der Waals surface area contributed by atoms with Gasteiger partial charge in [0.15, 0.2) is 0 Å².